The predicted molar refractivity (Wildman–Crippen MR) is 117 cm³/mol. The molecule has 4 atom stereocenters. The van der Waals surface area contributed by atoms with Crippen LogP contribution in [0.4, 0.5) is 14.9 Å². The molecule has 4 aliphatic heterocycles. The third-order valence-electron chi connectivity index (χ3n) is 7.30. The highest BCUT2D eigenvalue weighted by molar-refractivity contribution is 5.99. The van der Waals surface area contributed by atoms with Gasteiger partial charge >= 0.3 is 6.09 Å². The van der Waals surface area contributed by atoms with Gasteiger partial charge in [-0.2, -0.15) is 0 Å². The van der Waals surface area contributed by atoms with Gasteiger partial charge in [0.25, 0.3) is 0 Å². The van der Waals surface area contributed by atoms with E-state index < -0.39 is 29.4 Å². The number of amides is 3. The number of aryl methyl sites for hydroxylation is 1. The van der Waals surface area contributed by atoms with Crippen molar-refractivity contribution in [3.8, 4) is 0 Å². The number of hydrogen-bond donors (Lipinski definition) is 1. The first-order valence-electron chi connectivity index (χ1n) is 11.5. The highest BCUT2D eigenvalue weighted by Gasteiger charge is 2.67. The van der Waals surface area contributed by atoms with E-state index in [0.717, 1.165) is 0 Å². The van der Waals surface area contributed by atoms with Gasteiger partial charge in [-0.1, -0.05) is 18.2 Å². The normalized spacial score (nSPS) is 30.6. The van der Waals surface area contributed by atoms with E-state index in [1.807, 2.05) is 17.1 Å². The van der Waals surface area contributed by atoms with E-state index in [-0.39, 0.29) is 23.9 Å². The van der Waals surface area contributed by atoms with Crippen molar-refractivity contribution in [3.05, 3.63) is 41.7 Å². The second-order valence-electron chi connectivity index (χ2n) is 9.24. The molecule has 176 valence electrons. The summed E-state index contributed by atoms with van der Waals surface area (Å²) in [7, 11) is 0. The smallest absolute Gasteiger partial charge is 0.409 e. The van der Waals surface area contributed by atoms with E-state index in [2.05, 4.69) is 5.32 Å². The number of nitrogens with one attached hydrogen (secondary N) is 1. The van der Waals surface area contributed by atoms with Crippen molar-refractivity contribution in [3.63, 3.8) is 0 Å². The molecule has 3 fully saturated rings. The Labute approximate surface area is 191 Å². The van der Waals surface area contributed by atoms with Gasteiger partial charge in [0.1, 0.15) is 11.4 Å². The lowest BCUT2D eigenvalue weighted by atomic mass is 9.76. The first-order chi connectivity index (χ1) is 15.8. The molecular formula is C24H28FN3O5. The maximum atomic E-state index is 13.9. The molecule has 1 N–H and O–H groups in total. The van der Waals surface area contributed by atoms with Crippen LogP contribution in [-0.4, -0.2) is 71.7 Å². The fourth-order valence-electron chi connectivity index (χ4n) is 5.61. The Bertz CT molecular complexity index is 1020. The first kappa shape index (κ1) is 21.9. The van der Waals surface area contributed by atoms with Gasteiger partial charge < -0.3 is 24.6 Å². The summed E-state index contributed by atoms with van der Waals surface area (Å²) in [4.78, 5) is 42.2. The van der Waals surface area contributed by atoms with Gasteiger partial charge in [0, 0.05) is 24.8 Å². The Morgan fingerprint density at radius 1 is 1.30 bits per heavy atom. The lowest BCUT2D eigenvalue weighted by Gasteiger charge is -2.37. The van der Waals surface area contributed by atoms with Crippen LogP contribution in [-0.2, 0) is 19.1 Å². The van der Waals surface area contributed by atoms with E-state index >= 15 is 0 Å². The van der Waals surface area contributed by atoms with Crippen molar-refractivity contribution in [2.45, 2.75) is 44.4 Å². The molecule has 1 aromatic rings. The number of fused-ring (bicyclic) bond motifs is 1. The van der Waals surface area contributed by atoms with Crippen LogP contribution in [0, 0.1) is 24.6 Å². The summed E-state index contributed by atoms with van der Waals surface area (Å²) in [5.74, 6) is -2.11. The predicted octanol–water partition coefficient (Wildman–Crippen LogP) is 2.48. The Morgan fingerprint density at radius 2 is 2.06 bits per heavy atom. The average Bonchev–Trinajstić information content (AvgIpc) is 3.45. The number of halogens is 1. The largest absolute Gasteiger partial charge is 0.450 e. The van der Waals surface area contributed by atoms with Gasteiger partial charge in [-0.25, -0.2) is 9.18 Å². The molecule has 4 heterocycles. The van der Waals surface area contributed by atoms with Gasteiger partial charge in [-0.3, -0.25) is 9.59 Å². The standard InChI is InChI=1S/C24H28FN3O5/c1-3-32-23(31)27-10-7-16(8-11-27)28-13-24-9-6-18(33-24)19(20(24)22(28)30)21(29)26-15-5-4-14(2)17(25)12-15/h4-6,9,12,16,18-20H,3,7-8,10-11,13H2,1-2H3,(H,26,29)/t18-,19+,20-,24-/m1/s1. The van der Waals surface area contributed by atoms with Crippen molar-refractivity contribution >= 4 is 23.6 Å². The molecule has 1 spiro atoms. The zero-order chi connectivity index (χ0) is 23.3. The second-order valence-corrected chi connectivity index (χ2v) is 9.24. The summed E-state index contributed by atoms with van der Waals surface area (Å²) in [5, 5.41) is 2.77. The second kappa shape index (κ2) is 8.13. The quantitative estimate of drug-likeness (QED) is 0.702. The fraction of sp³-hybridized carbons (Fsp3) is 0.542. The van der Waals surface area contributed by atoms with Gasteiger partial charge in [0.05, 0.1) is 31.1 Å². The lowest BCUT2D eigenvalue weighted by molar-refractivity contribution is -0.138. The molecule has 0 aliphatic carbocycles. The Morgan fingerprint density at radius 3 is 2.76 bits per heavy atom. The van der Waals surface area contributed by atoms with Crippen LogP contribution < -0.4 is 5.32 Å². The highest BCUT2D eigenvalue weighted by Crippen LogP contribution is 2.52. The van der Waals surface area contributed by atoms with Crippen LogP contribution in [0.25, 0.3) is 0 Å². The lowest BCUT2D eigenvalue weighted by Crippen LogP contribution is -2.49. The number of anilines is 1. The average molecular weight is 458 g/mol. The molecule has 2 bridgehead atoms. The molecule has 0 aromatic heterocycles. The fourth-order valence-corrected chi connectivity index (χ4v) is 5.61. The minimum absolute atomic E-state index is 0.0193. The number of ether oxygens (including phenoxy) is 2. The molecular weight excluding hydrogens is 429 g/mol. The number of likely N-dealkylation sites (tertiary alicyclic amines) is 2. The highest BCUT2D eigenvalue weighted by atomic mass is 19.1. The van der Waals surface area contributed by atoms with Gasteiger partial charge in [0.2, 0.25) is 11.8 Å². The molecule has 9 heteroatoms. The third kappa shape index (κ3) is 3.58. The maximum absolute atomic E-state index is 13.9. The summed E-state index contributed by atoms with van der Waals surface area (Å²) in [6.45, 7) is 5.20. The summed E-state index contributed by atoms with van der Waals surface area (Å²) < 4.78 is 25.2. The topological polar surface area (TPSA) is 88.2 Å². The molecule has 1 aromatic carbocycles. The molecule has 3 saturated heterocycles. The zero-order valence-corrected chi connectivity index (χ0v) is 18.8. The Hall–Kier alpha value is -2.94. The third-order valence-corrected chi connectivity index (χ3v) is 7.30. The van der Waals surface area contributed by atoms with Crippen LogP contribution in [0.15, 0.2) is 30.4 Å². The SMILES string of the molecule is CCOC(=O)N1CCC(N2C[C@@]34C=C[C@@H](O3)[C@H](C(=O)Nc3ccc(C)c(F)c3)[C@@H]4C2=O)CC1. The van der Waals surface area contributed by atoms with E-state index in [9.17, 15) is 18.8 Å². The molecule has 8 nitrogen and oxygen atoms in total. The number of piperidine rings is 1. The van der Waals surface area contributed by atoms with E-state index in [0.29, 0.717) is 50.3 Å². The van der Waals surface area contributed by atoms with Crippen LogP contribution in [0.3, 0.4) is 0 Å². The molecule has 0 radical (unpaired) electrons. The van der Waals surface area contributed by atoms with Gasteiger partial charge in [-0.15, -0.1) is 0 Å². The number of carbonyl (C=O) groups excluding carboxylic acids is 3. The summed E-state index contributed by atoms with van der Waals surface area (Å²) >= 11 is 0. The molecule has 0 unspecified atom stereocenters. The van der Waals surface area contributed by atoms with Crippen LogP contribution in [0.5, 0.6) is 0 Å². The Kier molecular flexibility index (Phi) is 5.39. The molecule has 4 aliphatic rings. The van der Waals surface area contributed by atoms with Gasteiger partial charge in [0.15, 0.2) is 0 Å². The first-order valence-corrected chi connectivity index (χ1v) is 11.5. The van der Waals surface area contributed by atoms with Crippen LogP contribution in [0.1, 0.15) is 25.3 Å². The number of rotatable bonds is 4. The number of benzene rings is 1. The van der Waals surface area contributed by atoms with Crippen molar-refractivity contribution in [2.75, 3.05) is 31.6 Å². The number of carbonyl (C=O) groups is 3. The minimum atomic E-state index is -0.805. The zero-order valence-electron chi connectivity index (χ0n) is 18.8. The Balaban J connectivity index is 1.29. The van der Waals surface area contributed by atoms with Crippen LogP contribution >= 0.6 is 0 Å². The summed E-state index contributed by atoms with van der Waals surface area (Å²) in [6.07, 6.45) is 4.29. The molecule has 5 rings (SSSR count). The van der Waals surface area contributed by atoms with Crippen molar-refractivity contribution in [2.24, 2.45) is 11.8 Å². The molecule has 33 heavy (non-hydrogen) atoms. The maximum Gasteiger partial charge on any atom is 0.409 e. The minimum Gasteiger partial charge on any atom is -0.450 e. The van der Waals surface area contributed by atoms with E-state index in [4.69, 9.17) is 9.47 Å². The van der Waals surface area contributed by atoms with Crippen LogP contribution in [0.2, 0.25) is 0 Å². The molecule has 0 saturated carbocycles. The number of nitrogens with zero attached hydrogens (tertiary/aromatic N) is 2. The summed E-state index contributed by atoms with van der Waals surface area (Å²) in [5.41, 5.74) is 0.0481. The monoisotopic (exact) mass is 457 g/mol. The van der Waals surface area contributed by atoms with Crippen molar-refractivity contribution in [1.29, 1.82) is 0 Å². The van der Waals surface area contributed by atoms with Crippen molar-refractivity contribution < 1.29 is 28.2 Å². The summed E-state index contributed by atoms with van der Waals surface area (Å²) in [6, 6.07) is 4.52. The molecule has 3 amide bonds. The van der Waals surface area contributed by atoms with E-state index in [1.165, 1.54) is 6.07 Å². The van der Waals surface area contributed by atoms with Crippen molar-refractivity contribution in [1.82, 2.24) is 9.80 Å². The number of hydrogen-bond acceptors (Lipinski definition) is 5. The van der Waals surface area contributed by atoms with Gasteiger partial charge in [-0.05, 0) is 44.4 Å². The van der Waals surface area contributed by atoms with E-state index in [1.54, 1.807) is 30.9 Å².